The number of carbonyl (C=O) groups excluding carboxylic acids is 1. The van der Waals surface area contributed by atoms with E-state index in [1.165, 1.54) is 5.56 Å². The molecule has 0 aromatic heterocycles. The summed E-state index contributed by atoms with van der Waals surface area (Å²) in [5.41, 5.74) is 8.51. The van der Waals surface area contributed by atoms with Crippen molar-refractivity contribution in [3.63, 3.8) is 0 Å². The number of rotatable bonds is 8. The number of esters is 1. The van der Waals surface area contributed by atoms with Gasteiger partial charge in [-0.15, -0.1) is 0 Å². The monoisotopic (exact) mass is 307 g/mol. The lowest BCUT2D eigenvalue weighted by Crippen LogP contribution is -2.27. The lowest BCUT2D eigenvalue weighted by Gasteiger charge is -2.18. The lowest BCUT2D eigenvalue weighted by atomic mass is 10.1. The van der Waals surface area contributed by atoms with Crippen LogP contribution in [-0.2, 0) is 20.7 Å². The Balaban J connectivity index is 1.89. The SMILES string of the molecule is CCOC(=O)CCCOC1c2cc(OCC)ccc2CC1N. The minimum absolute atomic E-state index is 0.0468. The van der Waals surface area contributed by atoms with Gasteiger partial charge in [-0.2, -0.15) is 0 Å². The summed E-state index contributed by atoms with van der Waals surface area (Å²) in [6, 6.07) is 6.00. The van der Waals surface area contributed by atoms with Gasteiger partial charge in [0.1, 0.15) is 5.75 Å². The third-order valence-electron chi connectivity index (χ3n) is 3.71. The predicted octanol–water partition coefficient (Wildman–Crippen LogP) is 2.37. The van der Waals surface area contributed by atoms with E-state index in [1.54, 1.807) is 6.92 Å². The summed E-state index contributed by atoms with van der Waals surface area (Å²) in [5, 5.41) is 0. The molecule has 1 aromatic carbocycles. The Morgan fingerprint density at radius 2 is 2.14 bits per heavy atom. The number of fused-ring (bicyclic) bond motifs is 1. The maximum absolute atomic E-state index is 11.3. The van der Waals surface area contributed by atoms with Crippen molar-refractivity contribution < 1.29 is 19.0 Å². The van der Waals surface area contributed by atoms with Crippen LogP contribution < -0.4 is 10.5 Å². The number of hydrogen-bond donors (Lipinski definition) is 1. The van der Waals surface area contributed by atoms with Gasteiger partial charge in [0.25, 0.3) is 0 Å². The first kappa shape index (κ1) is 16.8. The molecule has 0 fully saturated rings. The van der Waals surface area contributed by atoms with Crippen LogP contribution in [0, 0.1) is 0 Å². The molecule has 1 aliphatic carbocycles. The Kier molecular flexibility index (Phi) is 6.21. The molecule has 0 heterocycles. The molecular weight excluding hydrogens is 282 g/mol. The highest BCUT2D eigenvalue weighted by atomic mass is 16.5. The molecule has 2 rings (SSSR count). The topological polar surface area (TPSA) is 70.8 Å². The Bertz CT molecular complexity index is 503. The molecule has 1 aromatic rings. The average molecular weight is 307 g/mol. The highest BCUT2D eigenvalue weighted by molar-refractivity contribution is 5.69. The molecule has 5 nitrogen and oxygen atoms in total. The second kappa shape index (κ2) is 8.15. The first-order chi connectivity index (χ1) is 10.7. The van der Waals surface area contributed by atoms with Gasteiger partial charge in [-0.25, -0.2) is 0 Å². The molecule has 0 saturated carbocycles. The second-order valence-electron chi connectivity index (χ2n) is 5.36. The smallest absolute Gasteiger partial charge is 0.305 e. The van der Waals surface area contributed by atoms with Crippen LogP contribution in [0.3, 0.4) is 0 Å². The fourth-order valence-corrected chi connectivity index (χ4v) is 2.75. The van der Waals surface area contributed by atoms with Crippen LogP contribution in [0.4, 0.5) is 0 Å². The molecule has 0 spiro atoms. The van der Waals surface area contributed by atoms with Gasteiger partial charge < -0.3 is 19.9 Å². The molecule has 0 aliphatic heterocycles. The third-order valence-corrected chi connectivity index (χ3v) is 3.71. The van der Waals surface area contributed by atoms with Crippen LogP contribution >= 0.6 is 0 Å². The summed E-state index contributed by atoms with van der Waals surface area (Å²) in [4.78, 5) is 11.3. The zero-order valence-electron chi connectivity index (χ0n) is 13.3. The minimum Gasteiger partial charge on any atom is -0.494 e. The Morgan fingerprint density at radius 3 is 2.86 bits per heavy atom. The summed E-state index contributed by atoms with van der Waals surface area (Å²) in [6.07, 6.45) is 1.70. The van der Waals surface area contributed by atoms with Crippen LogP contribution in [0.25, 0.3) is 0 Å². The lowest BCUT2D eigenvalue weighted by molar-refractivity contribution is -0.143. The van der Waals surface area contributed by atoms with E-state index in [0.717, 1.165) is 17.7 Å². The maximum Gasteiger partial charge on any atom is 0.305 e. The van der Waals surface area contributed by atoms with E-state index in [9.17, 15) is 4.79 Å². The Labute approximate surface area is 131 Å². The number of benzene rings is 1. The van der Waals surface area contributed by atoms with Crippen molar-refractivity contribution in [2.75, 3.05) is 19.8 Å². The van der Waals surface area contributed by atoms with Crippen LogP contribution in [0.1, 0.15) is 43.9 Å². The minimum atomic E-state index is -0.180. The summed E-state index contributed by atoms with van der Waals surface area (Å²) in [5.74, 6) is 0.663. The standard InChI is InChI=1S/C17H25NO4/c1-3-20-13-8-7-12-10-15(18)17(14(12)11-13)22-9-5-6-16(19)21-4-2/h7-8,11,15,17H,3-6,9-10,18H2,1-2H3. The van der Waals surface area contributed by atoms with Crippen LogP contribution in [0.5, 0.6) is 5.75 Å². The largest absolute Gasteiger partial charge is 0.494 e. The molecule has 22 heavy (non-hydrogen) atoms. The van der Waals surface area contributed by atoms with Gasteiger partial charge in [-0.3, -0.25) is 4.79 Å². The molecule has 0 radical (unpaired) electrons. The summed E-state index contributed by atoms with van der Waals surface area (Å²) in [6.45, 7) is 5.31. The first-order valence-corrected chi connectivity index (χ1v) is 7.94. The molecule has 1 aliphatic rings. The van der Waals surface area contributed by atoms with Crippen LogP contribution in [0.2, 0.25) is 0 Å². The second-order valence-corrected chi connectivity index (χ2v) is 5.36. The predicted molar refractivity (Wildman–Crippen MR) is 83.9 cm³/mol. The van der Waals surface area contributed by atoms with Gasteiger partial charge in [0, 0.05) is 19.1 Å². The fraction of sp³-hybridized carbons (Fsp3) is 0.588. The van der Waals surface area contributed by atoms with Crippen LogP contribution in [0.15, 0.2) is 18.2 Å². The molecule has 2 unspecified atom stereocenters. The van der Waals surface area contributed by atoms with Gasteiger partial charge in [0.2, 0.25) is 0 Å². The molecule has 0 saturated heterocycles. The molecule has 0 amide bonds. The van der Waals surface area contributed by atoms with Gasteiger partial charge in [-0.05, 0) is 49.9 Å². The van der Waals surface area contributed by atoms with Crippen molar-refractivity contribution in [2.24, 2.45) is 5.73 Å². The molecule has 2 atom stereocenters. The quantitative estimate of drug-likeness (QED) is 0.590. The normalized spacial score (nSPS) is 19.8. The molecule has 122 valence electrons. The number of hydrogen-bond acceptors (Lipinski definition) is 5. The summed E-state index contributed by atoms with van der Waals surface area (Å²) in [7, 11) is 0. The van der Waals surface area contributed by atoms with Gasteiger partial charge >= 0.3 is 5.97 Å². The van der Waals surface area contributed by atoms with Crippen molar-refractivity contribution in [3.8, 4) is 5.75 Å². The third kappa shape index (κ3) is 4.21. The van der Waals surface area contributed by atoms with E-state index >= 15 is 0 Å². The summed E-state index contributed by atoms with van der Waals surface area (Å²) < 4.78 is 16.4. The highest BCUT2D eigenvalue weighted by Crippen LogP contribution is 2.35. The highest BCUT2D eigenvalue weighted by Gasteiger charge is 2.31. The number of nitrogens with two attached hydrogens (primary N) is 1. The Morgan fingerprint density at radius 1 is 1.32 bits per heavy atom. The first-order valence-electron chi connectivity index (χ1n) is 7.94. The maximum atomic E-state index is 11.3. The van der Waals surface area contributed by atoms with E-state index < -0.39 is 0 Å². The van der Waals surface area contributed by atoms with E-state index in [2.05, 4.69) is 6.07 Å². The van der Waals surface area contributed by atoms with E-state index in [0.29, 0.717) is 32.7 Å². The van der Waals surface area contributed by atoms with E-state index in [1.807, 2.05) is 19.1 Å². The number of ether oxygens (including phenoxy) is 3. The molecule has 2 N–H and O–H groups in total. The zero-order chi connectivity index (χ0) is 15.9. The van der Waals surface area contributed by atoms with Crippen molar-refractivity contribution in [1.29, 1.82) is 0 Å². The van der Waals surface area contributed by atoms with Gasteiger partial charge in [0.15, 0.2) is 0 Å². The van der Waals surface area contributed by atoms with E-state index in [-0.39, 0.29) is 18.1 Å². The van der Waals surface area contributed by atoms with Crippen molar-refractivity contribution in [2.45, 2.75) is 45.3 Å². The summed E-state index contributed by atoms with van der Waals surface area (Å²) >= 11 is 0. The van der Waals surface area contributed by atoms with Crippen molar-refractivity contribution >= 4 is 5.97 Å². The number of carbonyl (C=O) groups is 1. The van der Waals surface area contributed by atoms with Crippen molar-refractivity contribution in [3.05, 3.63) is 29.3 Å². The fourth-order valence-electron chi connectivity index (χ4n) is 2.75. The van der Waals surface area contributed by atoms with Crippen molar-refractivity contribution in [1.82, 2.24) is 0 Å². The molecule has 0 bridgehead atoms. The van der Waals surface area contributed by atoms with Gasteiger partial charge in [-0.1, -0.05) is 6.07 Å². The molecular formula is C17H25NO4. The van der Waals surface area contributed by atoms with Gasteiger partial charge in [0.05, 0.1) is 19.3 Å². The molecule has 5 heteroatoms. The van der Waals surface area contributed by atoms with Crippen LogP contribution in [-0.4, -0.2) is 31.8 Å². The average Bonchev–Trinajstić information content (AvgIpc) is 2.80. The zero-order valence-corrected chi connectivity index (χ0v) is 13.3. The Hall–Kier alpha value is -1.59. The van der Waals surface area contributed by atoms with E-state index in [4.69, 9.17) is 19.9 Å².